The quantitative estimate of drug-likeness (QED) is 0.0645. The molecule has 63 heavy (non-hydrogen) atoms. The lowest BCUT2D eigenvalue weighted by Gasteiger charge is -2.32. The molecule has 2 heterocycles. The van der Waals surface area contributed by atoms with Gasteiger partial charge in [0.2, 0.25) is 11.5 Å². The van der Waals surface area contributed by atoms with Gasteiger partial charge in [-0.05, 0) is 78.7 Å². The molecule has 0 unspecified atom stereocenters. The molecule has 0 saturated heterocycles. The highest BCUT2D eigenvalue weighted by atomic mass is 32.2. The Morgan fingerprint density at radius 2 is 0.825 bits per heavy atom. The van der Waals surface area contributed by atoms with E-state index in [0.29, 0.717) is 71.4 Å². The van der Waals surface area contributed by atoms with Crippen molar-refractivity contribution in [2.75, 3.05) is 68.8 Å². The summed E-state index contributed by atoms with van der Waals surface area (Å²) in [5.41, 5.74) is 3.72. The second-order valence-electron chi connectivity index (χ2n) is 14.3. The Morgan fingerprint density at radius 1 is 0.508 bits per heavy atom. The van der Waals surface area contributed by atoms with E-state index in [0.717, 1.165) is 16.7 Å². The van der Waals surface area contributed by atoms with Gasteiger partial charge in [0.25, 0.3) is 33.7 Å². The first-order valence-corrected chi connectivity index (χ1v) is 21.0. The first-order valence-electron chi connectivity index (χ1n) is 19.6. The van der Waals surface area contributed by atoms with Crippen LogP contribution in [0, 0.1) is 6.92 Å². The van der Waals surface area contributed by atoms with Crippen LogP contribution in [-0.4, -0.2) is 115 Å². The number of hydrogen-bond acceptors (Lipinski definition) is 14. The SMILES string of the molecule is COc1cc(CNCCN2C(=O)c3ccc4c5c(ccc(c35)C2=O)C(=O)N(CCNCc2cc(OC)c(OC)c(OC)c2)C4=O)cc(OC)c1OC.Cc1ccc(S(=O)(=O)O)cc1. The van der Waals surface area contributed by atoms with Crippen LogP contribution in [0.5, 0.6) is 34.5 Å². The van der Waals surface area contributed by atoms with Gasteiger partial charge in [-0.2, -0.15) is 8.42 Å². The number of aryl methyl sites for hydroxylation is 1. The summed E-state index contributed by atoms with van der Waals surface area (Å²) < 4.78 is 62.0. The second kappa shape index (κ2) is 19.5. The largest absolute Gasteiger partial charge is 0.493 e. The van der Waals surface area contributed by atoms with Gasteiger partial charge >= 0.3 is 0 Å². The molecule has 0 aliphatic carbocycles. The van der Waals surface area contributed by atoms with E-state index in [4.69, 9.17) is 33.0 Å². The summed E-state index contributed by atoms with van der Waals surface area (Å²) in [4.78, 5) is 57.1. The zero-order chi connectivity index (χ0) is 45.6. The zero-order valence-corrected chi connectivity index (χ0v) is 36.6. The van der Waals surface area contributed by atoms with Crippen LogP contribution >= 0.6 is 0 Å². The van der Waals surface area contributed by atoms with Crippen LogP contribution in [0.2, 0.25) is 0 Å². The maximum atomic E-state index is 13.7. The van der Waals surface area contributed by atoms with Crippen molar-refractivity contribution in [3.05, 3.63) is 112 Å². The van der Waals surface area contributed by atoms with E-state index in [-0.39, 0.29) is 40.2 Å². The van der Waals surface area contributed by atoms with Gasteiger partial charge in [-0.1, -0.05) is 17.7 Å². The molecule has 0 atom stereocenters. The van der Waals surface area contributed by atoms with E-state index in [1.54, 1.807) is 36.4 Å². The smallest absolute Gasteiger partial charge is 0.294 e. The summed E-state index contributed by atoms with van der Waals surface area (Å²) in [7, 11) is 5.20. The summed E-state index contributed by atoms with van der Waals surface area (Å²) >= 11 is 0. The highest BCUT2D eigenvalue weighted by Crippen LogP contribution is 2.40. The number of ether oxygens (including phenoxy) is 6. The summed E-state index contributed by atoms with van der Waals surface area (Å²) in [6.07, 6.45) is 0. The summed E-state index contributed by atoms with van der Waals surface area (Å²) in [6, 6.07) is 19.5. The van der Waals surface area contributed by atoms with E-state index in [9.17, 15) is 27.6 Å². The minimum absolute atomic E-state index is 0.0666. The third-order valence-corrected chi connectivity index (χ3v) is 11.4. The monoisotopic (exact) mass is 884 g/mol. The van der Waals surface area contributed by atoms with Crippen LogP contribution in [0.1, 0.15) is 58.1 Å². The van der Waals surface area contributed by atoms with E-state index in [2.05, 4.69) is 10.6 Å². The van der Waals surface area contributed by atoms with Crippen molar-refractivity contribution in [2.45, 2.75) is 24.9 Å². The molecule has 5 aromatic carbocycles. The van der Waals surface area contributed by atoms with Gasteiger partial charge in [-0.3, -0.25) is 33.5 Å². The van der Waals surface area contributed by atoms with Crippen molar-refractivity contribution in [3.8, 4) is 34.5 Å². The maximum absolute atomic E-state index is 13.7. The molecule has 2 aliphatic rings. The van der Waals surface area contributed by atoms with E-state index in [1.165, 1.54) is 64.6 Å². The predicted octanol–water partition coefficient (Wildman–Crippen LogP) is 4.90. The number of carbonyl (C=O) groups excluding carboxylic acids is 4. The Kier molecular flexibility index (Phi) is 14.2. The molecule has 17 nitrogen and oxygen atoms in total. The number of hydrogen-bond donors (Lipinski definition) is 3. The molecule has 5 aromatic rings. The molecule has 0 bridgehead atoms. The average Bonchev–Trinajstić information content (AvgIpc) is 3.28. The van der Waals surface area contributed by atoms with Crippen molar-refractivity contribution < 1.29 is 60.6 Å². The molecule has 0 fully saturated rings. The Labute approximate surface area is 364 Å². The molecule has 0 saturated carbocycles. The van der Waals surface area contributed by atoms with Crippen molar-refractivity contribution in [3.63, 3.8) is 0 Å². The van der Waals surface area contributed by atoms with Crippen LogP contribution in [0.15, 0.2) is 77.7 Å². The third-order valence-electron chi connectivity index (χ3n) is 10.5. The van der Waals surface area contributed by atoms with Gasteiger partial charge < -0.3 is 39.1 Å². The van der Waals surface area contributed by atoms with Crippen molar-refractivity contribution in [1.82, 2.24) is 20.4 Å². The van der Waals surface area contributed by atoms with E-state index < -0.39 is 33.7 Å². The van der Waals surface area contributed by atoms with E-state index >= 15 is 0 Å². The van der Waals surface area contributed by atoms with Crippen molar-refractivity contribution >= 4 is 44.5 Å². The number of rotatable bonds is 17. The number of nitrogens with one attached hydrogen (secondary N) is 2. The number of benzene rings is 5. The highest BCUT2D eigenvalue weighted by Gasteiger charge is 2.39. The Bertz CT molecular complexity index is 2420. The average molecular weight is 885 g/mol. The fourth-order valence-corrected chi connectivity index (χ4v) is 7.89. The summed E-state index contributed by atoms with van der Waals surface area (Å²) in [5.74, 6) is 1.05. The van der Waals surface area contributed by atoms with Crippen LogP contribution in [0.3, 0.4) is 0 Å². The Morgan fingerprint density at radius 3 is 1.10 bits per heavy atom. The number of carbonyl (C=O) groups is 4. The van der Waals surface area contributed by atoms with Crippen molar-refractivity contribution in [2.24, 2.45) is 0 Å². The number of amides is 4. The molecule has 18 heteroatoms. The minimum Gasteiger partial charge on any atom is -0.493 e. The van der Waals surface area contributed by atoms with Crippen LogP contribution in [0.25, 0.3) is 10.8 Å². The third kappa shape index (κ3) is 9.39. The molecule has 0 spiro atoms. The minimum atomic E-state index is -4.02. The molecule has 2 aliphatic heterocycles. The fraction of sp³-hybridized carbons (Fsp3) is 0.289. The summed E-state index contributed by atoms with van der Waals surface area (Å²) in [6.45, 7) is 3.47. The Hall–Kier alpha value is -6.73. The lowest BCUT2D eigenvalue weighted by Crippen LogP contribution is -2.46. The van der Waals surface area contributed by atoms with Gasteiger partial charge in [0.05, 0.1) is 47.6 Å². The van der Waals surface area contributed by atoms with Crippen LogP contribution in [0.4, 0.5) is 0 Å². The maximum Gasteiger partial charge on any atom is 0.294 e. The predicted molar refractivity (Wildman–Crippen MR) is 231 cm³/mol. The summed E-state index contributed by atoms with van der Waals surface area (Å²) in [5, 5.41) is 7.18. The molecule has 0 radical (unpaired) electrons. The topological polar surface area (TPSA) is 209 Å². The molecular formula is C45H48N4O13S. The fourth-order valence-electron chi connectivity index (χ4n) is 7.41. The highest BCUT2D eigenvalue weighted by molar-refractivity contribution is 7.85. The number of nitrogens with zero attached hydrogens (tertiary/aromatic N) is 2. The molecule has 7 rings (SSSR count). The van der Waals surface area contributed by atoms with Crippen LogP contribution < -0.4 is 39.1 Å². The van der Waals surface area contributed by atoms with Gasteiger partial charge in [-0.15, -0.1) is 0 Å². The van der Waals surface area contributed by atoms with Gasteiger partial charge in [-0.25, -0.2) is 0 Å². The zero-order valence-electron chi connectivity index (χ0n) is 35.8. The van der Waals surface area contributed by atoms with Gasteiger partial charge in [0.15, 0.2) is 23.0 Å². The second-order valence-corrected chi connectivity index (χ2v) is 15.7. The number of methoxy groups -OCH3 is 6. The molecular weight excluding hydrogens is 837 g/mol. The van der Waals surface area contributed by atoms with E-state index in [1.807, 2.05) is 31.2 Å². The molecule has 3 N–H and O–H groups in total. The van der Waals surface area contributed by atoms with Crippen LogP contribution in [-0.2, 0) is 23.2 Å². The van der Waals surface area contributed by atoms with Crippen molar-refractivity contribution in [1.29, 1.82) is 0 Å². The lowest BCUT2D eigenvalue weighted by atomic mass is 9.86. The lowest BCUT2D eigenvalue weighted by molar-refractivity contribution is 0.0590. The molecule has 4 amide bonds. The molecule has 0 aromatic heterocycles. The number of imide groups is 2. The van der Waals surface area contributed by atoms with Gasteiger partial charge in [0.1, 0.15) is 0 Å². The Balaban J connectivity index is 0.000000524. The standard InChI is InChI=1S/C38H40N4O10.C7H8O3S/c1-47-27-15-21(16-28(48-2)33(27)51-5)19-39-11-13-41-35(43)23-7-9-25-32-26(10-8-24(31(23)32)36(41)44)38(46)42(37(25)45)14-12-40-20-22-17-29(49-3)34(52-6)30(18-22)50-4;1-6-2-4-7(5-3-6)11(8,9)10/h7-10,15-18,39-40H,11-14,19-20H2,1-6H3;2-5H,1H3,(H,8,9,10). The first-order chi connectivity index (χ1) is 30.2. The van der Waals surface area contributed by atoms with Gasteiger partial charge in [0, 0.05) is 72.3 Å². The first kappa shape index (κ1) is 45.8. The molecule has 332 valence electrons. The normalized spacial score (nSPS) is 13.1.